The first-order valence-corrected chi connectivity index (χ1v) is 5.04. The van der Waals surface area contributed by atoms with Crippen LogP contribution in [0.4, 0.5) is 0 Å². The van der Waals surface area contributed by atoms with Crippen molar-refractivity contribution in [2.45, 2.75) is 39.2 Å². The van der Waals surface area contributed by atoms with E-state index in [2.05, 4.69) is 5.32 Å². The highest BCUT2D eigenvalue weighted by molar-refractivity contribution is 5.66. The van der Waals surface area contributed by atoms with Crippen LogP contribution in [0.3, 0.4) is 0 Å². The molecule has 0 aliphatic rings. The van der Waals surface area contributed by atoms with Crippen molar-refractivity contribution in [3.63, 3.8) is 0 Å². The second kappa shape index (κ2) is 6.79. The smallest absolute Gasteiger partial charge is 0.303 e. The minimum atomic E-state index is -0.740. The molecule has 0 radical (unpaired) electrons. The van der Waals surface area contributed by atoms with E-state index in [4.69, 9.17) is 9.84 Å². The standard InChI is InChI=1S/C10H21NO3/c1-4-14-10(2,3)8-11-7-5-6-9(12)13/h11H,4-8H2,1-3H3,(H,12,13). The van der Waals surface area contributed by atoms with E-state index in [1.807, 2.05) is 20.8 Å². The first-order chi connectivity index (χ1) is 6.48. The van der Waals surface area contributed by atoms with Gasteiger partial charge in [0.25, 0.3) is 0 Å². The third kappa shape index (κ3) is 8.01. The molecule has 0 atom stereocenters. The molecule has 0 fully saturated rings. The Morgan fingerprint density at radius 2 is 2.14 bits per heavy atom. The summed E-state index contributed by atoms with van der Waals surface area (Å²) in [5.41, 5.74) is -0.169. The molecule has 0 saturated heterocycles. The topological polar surface area (TPSA) is 58.6 Å². The first-order valence-electron chi connectivity index (χ1n) is 5.04. The van der Waals surface area contributed by atoms with Gasteiger partial charge in [0, 0.05) is 19.6 Å². The molecule has 0 aliphatic heterocycles. The number of carbonyl (C=O) groups is 1. The van der Waals surface area contributed by atoms with Crippen LogP contribution < -0.4 is 5.32 Å². The molecule has 0 saturated carbocycles. The molecule has 14 heavy (non-hydrogen) atoms. The zero-order chi connectivity index (χ0) is 11.0. The lowest BCUT2D eigenvalue weighted by atomic mass is 10.1. The van der Waals surface area contributed by atoms with Crippen molar-refractivity contribution in [2.75, 3.05) is 19.7 Å². The lowest BCUT2D eigenvalue weighted by molar-refractivity contribution is -0.137. The van der Waals surface area contributed by atoms with E-state index in [1.54, 1.807) is 0 Å². The summed E-state index contributed by atoms with van der Waals surface area (Å²) >= 11 is 0. The van der Waals surface area contributed by atoms with Gasteiger partial charge in [0.1, 0.15) is 0 Å². The normalized spacial score (nSPS) is 11.6. The van der Waals surface area contributed by atoms with Crippen LogP contribution in [-0.4, -0.2) is 36.4 Å². The molecule has 4 heteroatoms. The van der Waals surface area contributed by atoms with Crippen molar-refractivity contribution in [1.82, 2.24) is 5.32 Å². The summed E-state index contributed by atoms with van der Waals surface area (Å²) in [6.45, 7) is 8.17. The van der Waals surface area contributed by atoms with Gasteiger partial charge in [-0.2, -0.15) is 0 Å². The molecule has 0 amide bonds. The fraction of sp³-hybridized carbons (Fsp3) is 0.900. The molecular formula is C10H21NO3. The van der Waals surface area contributed by atoms with Crippen molar-refractivity contribution in [1.29, 1.82) is 0 Å². The predicted molar refractivity (Wildman–Crippen MR) is 55.4 cm³/mol. The molecule has 84 valence electrons. The number of ether oxygens (including phenoxy) is 1. The van der Waals surface area contributed by atoms with Crippen LogP contribution >= 0.6 is 0 Å². The van der Waals surface area contributed by atoms with Crippen molar-refractivity contribution < 1.29 is 14.6 Å². The quantitative estimate of drug-likeness (QED) is 0.583. The molecular weight excluding hydrogens is 182 g/mol. The first kappa shape index (κ1) is 13.4. The lowest BCUT2D eigenvalue weighted by Gasteiger charge is -2.24. The highest BCUT2D eigenvalue weighted by atomic mass is 16.5. The highest BCUT2D eigenvalue weighted by Gasteiger charge is 2.16. The monoisotopic (exact) mass is 203 g/mol. The molecule has 0 unspecified atom stereocenters. The molecule has 0 aromatic heterocycles. The predicted octanol–water partition coefficient (Wildman–Crippen LogP) is 1.26. The van der Waals surface area contributed by atoms with E-state index < -0.39 is 5.97 Å². The summed E-state index contributed by atoms with van der Waals surface area (Å²) in [5.74, 6) is -0.740. The Balaban J connectivity index is 3.39. The Hall–Kier alpha value is -0.610. The second-order valence-corrected chi connectivity index (χ2v) is 3.87. The third-order valence-electron chi connectivity index (χ3n) is 1.83. The summed E-state index contributed by atoms with van der Waals surface area (Å²) in [4.78, 5) is 10.2. The van der Waals surface area contributed by atoms with E-state index in [0.717, 1.165) is 13.1 Å². The van der Waals surface area contributed by atoms with Crippen LogP contribution in [0.1, 0.15) is 33.6 Å². The number of hydrogen-bond acceptors (Lipinski definition) is 3. The summed E-state index contributed by atoms with van der Waals surface area (Å²) in [7, 11) is 0. The van der Waals surface area contributed by atoms with Crippen LogP contribution in [0.2, 0.25) is 0 Å². The summed E-state index contributed by atoms with van der Waals surface area (Å²) in [6.07, 6.45) is 0.888. The van der Waals surface area contributed by atoms with Gasteiger partial charge in [-0.1, -0.05) is 0 Å². The van der Waals surface area contributed by atoms with Gasteiger partial charge in [-0.05, 0) is 33.7 Å². The average Bonchev–Trinajstić information content (AvgIpc) is 2.02. The number of hydrogen-bond donors (Lipinski definition) is 2. The Morgan fingerprint density at radius 3 is 2.64 bits per heavy atom. The largest absolute Gasteiger partial charge is 0.481 e. The van der Waals surface area contributed by atoms with E-state index in [9.17, 15) is 4.79 Å². The molecule has 0 rings (SSSR count). The number of carboxylic acids is 1. The number of nitrogens with one attached hydrogen (secondary N) is 1. The molecule has 0 bridgehead atoms. The summed E-state index contributed by atoms with van der Waals surface area (Å²) < 4.78 is 5.48. The molecule has 0 heterocycles. The van der Waals surface area contributed by atoms with Crippen molar-refractivity contribution in [3.8, 4) is 0 Å². The zero-order valence-electron chi connectivity index (χ0n) is 9.30. The SMILES string of the molecule is CCOC(C)(C)CNCCCC(=O)O. The van der Waals surface area contributed by atoms with E-state index in [1.165, 1.54) is 0 Å². The van der Waals surface area contributed by atoms with Crippen molar-refractivity contribution in [2.24, 2.45) is 0 Å². The molecule has 2 N–H and O–H groups in total. The molecule has 0 aromatic carbocycles. The third-order valence-corrected chi connectivity index (χ3v) is 1.83. The lowest BCUT2D eigenvalue weighted by Crippen LogP contribution is -2.38. The van der Waals surface area contributed by atoms with Crippen LogP contribution in [0.5, 0.6) is 0 Å². The van der Waals surface area contributed by atoms with Crippen molar-refractivity contribution in [3.05, 3.63) is 0 Å². The minimum Gasteiger partial charge on any atom is -0.481 e. The minimum absolute atomic E-state index is 0.169. The van der Waals surface area contributed by atoms with Gasteiger partial charge in [0.15, 0.2) is 0 Å². The van der Waals surface area contributed by atoms with Gasteiger partial charge in [-0.25, -0.2) is 0 Å². The van der Waals surface area contributed by atoms with Crippen LogP contribution in [0, 0.1) is 0 Å². The van der Waals surface area contributed by atoms with Crippen molar-refractivity contribution >= 4 is 5.97 Å². The molecule has 0 aromatic rings. The Morgan fingerprint density at radius 1 is 1.50 bits per heavy atom. The van der Waals surface area contributed by atoms with Gasteiger partial charge in [-0.3, -0.25) is 4.79 Å². The van der Waals surface area contributed by atoms with Gasteiger partial charge in [0.05, 0.1) is 5.60 Å². The second-order valence-electron chi connectivity index (χ2n) is 3.87. The van der Waals surface area contributed by atoms with Gasteiger partial charge < -0.3 is 15.2 Å². The van der Waals surface area contributed by atoms with E-state index in [-0.39, 0.29) is 12.0 Å². The summed E-state index contributed by atoms with van der Waals surface area (Å²) in [6, 6.07) is 0. The Labute approximate surface area is 85.6 Å². The van der Waals surface area contributed by atoms with E-state index in [0.29, 0.717) is 13.0 Å². The van der Waals surface area contributed by atoms with Gasteiger partial charge in [-0.15, -0.1) is 0 Å². The number of rotatable bonds is 8. The van der Waals surface area contributed by atoms with E-state index >= 15 is 0 Å². The van der Waals surface area contributed by atoms with Gasteiger partial charge in [0.2, 0.25) is 0 Å². The van der Waals surface area contributed by atoms with Gasteiger partial charge >= 0.3 is 5.97 Å². The maximum atomic E-state index is 10.2. The van der Waals surface area contributed by atoms with Crippen LogP contribution in [0.25, 0.3) is 0 Å². The summed E-state index contributed by atoms with van der Waals surface area (Å²) in [5, 5.41) is 11.6. The average molecular weight is 203 g/mol. The fourth-order valence-corrected chi connectivity index (χ4v) is 1.20. The Kier molecular flexibility index (Phi) is 6.49. The molecule has 0 aliphatic carbocycles. The number of aliphatic carboxylic acids is 1. The zero-order valence-corrected chi connectivity index (χ0v) is 9.30. The molecule has 4 nitrogen and oxygen atoms in total. The fourth-order valence-electron chi connectivity index (χ4n) is 1.20. The maximum absolute atomic E-state index is 10.2. The highest BCUT2D eigenvalue weighted by Crippen LogP contribution is 2.06. The van der Waals surface area contributed by atoms with Crippen LogP contribution in [0.15, 0.2) is 0 Å². The van der Waals surface area contributed by atoms with Crippen LogP contribution in [-0.2, 0) is 9.53 Å². The maximum Gasteiger partial charge on any atom is 0.303 e. The Bertz CT molecular complexity index is 169. The molecule has 0 spiro atoms. The number of carboxylic acid groups (broad SMARTS) is 1.